The van der Waals surface area contributed by atoms with Crippen molar-refractivity contribution < 1.29 is 22.4 Å². The minimum Gasteiger partial charge on any atom is -0.323 e. The zero-order chi connectivity index (χ0) is 21.7. The minimum atomic E-state index is -4.01. The summed E-state index contributed by atoms with van der Waals surface area (Å²) in [7, 11) is -4.01. The molecule has 0 radical (unpaired) electrons. The Bertz CT molecular complexity index is 1150. The lowest BCUT2D eigenvalue weighted by Gasteiger charge is -2.29. The Morgan fingerprint density at radius 3 is 2.47 bits per heavy atom. The van der Waals surface area contributed by atoms with Crippen LogP contribution < -0.4 is 15.8 Å². The molecule has 1 spiro atoms. The van der Waals surface area contributed by atoms with Crippen LogP contribution in [0.15, 0.2) is 41.3 Å². The fourth-order valence-corrected chi connectivity index (χ4v) is 5.60. The van der Waals surface area contributed by atoms with Gasteiger partial charge in [-0.15, -0.1) is 0 Å². The van der Waals surface area contributed by atoms with E-state index in [0.717, 1.165) is 17.5 Å². The molecule has 4 N–H and O–H groups in total. The Morgan fingerprint density at radius 2 is 1.87 bits per heavy atom. The number of amides is 3. The van der Waals surface area contributed by atoms with Crippen molar-refractivity contribution in [3.63, 3.8) is 0 Å². The molecule has 0 bridgehead atoms. The molecule has 4 rings (SSSR count). The molecule has 2 fully saturated rings. The second-order valence-electron chi connectivity index (χ2n) is 7.94. The quantitative estimate of drug-likeness (QED) is 0.644. The third kappa shape index (κ3) is 3.37. The van der Waals surface area contributed by atoms with Gasteiger partial charge in [-0.3, -0.25) is 10.1 Å². The van der Waals surface area contributed by atoms with Gasteiger partial charge in [-0.1, -0.05) is 24.6 Å². The van der Waals surface area contributed by atoms with Crippen molar-refractivity contribution in [1.82, 2.24) is 10.6 Å². The van der Waals surface area contributed by atoms with E-state index in [1.165, 1.54) is 18.2 Å². The van der Waals surface area contributed by atoms with E-state index in [4.69, 9.17) is 5.14 Å². The fraction of sp³-hybridized carbons (Fsp3) is 0.333. The predicted molar refractivity (Wildman–Crippen MR) is 108 cm³/mol. The number of nitrogens with one attached hydrogen (secondary N) is 2. The highest BCUT2D eigenvalue weighted by atomic mass is 32.2. The summed E-state index contributed by atoms with van der Waals surface area (Å²) >= 11 is 0. The van der Waals surface area contributed by atoms with Crippen LogP contribution in [-0.2, 0) is 21.2 Å². The molecule has 3 amide bonds. The molecule has 158 valence electrons. The standard InChI is InChI=1S/C21H22FN3O4S/c1-12-16(13-4-6-15(22)7-5-13)8-9-18(30(23,28)29)17(12)11-14-3-2-10-21(14)19(26)24-20(27)25-21/h4-9,14H,2-3,10-11H2,1H3,(H2,23,28,29)(H2,24,25,26,27). The second kappa shape index (κ2) is 7.17. The van der Waals surface area contributed by atoms with Crippen LogP contribution in [0.3, 0.4) is 0 Å². The van der Waals surface area contributed by atoms with Crippen LogP contribution in [0.4, 0.5) is 9.18 Å². The third-order valence-corrected chi connectivity index (χ3v) is 7.25. The molecular formula is C21H22FN3O4S. The van der Waals surface area contributed by atoms with Crippen LogP contribution in [0.25, 0.3) is 11.1 Å². The zero-order valence-corrected chi connectivity index (χ0v) is 17.2. The van der Waals surface area contributed by atoms with Gasteiger partial charge in [-0.2, -0.15) is 0 Å². The van der Waals surface area contributed by atoms with Gasteiger partial charge in [0.25, 0.3) is 5.91 Å². The molecule has 1 heterocycles. The van der Waals surface area contributed by atoms with Crippen molar-refractivity contribution in [3.05, 3.63) is 53.3 Å². The van der Waals surface area contributed by atoms with Gasteiger partial charge in [0.2, 0.25) is 10.0 Å². The number of imide groups is 1. The lowest BCUT2D eigenvalue weighted by Crippen LogP contribution is -2.50. The lowest BCUT2D eigenvalue weighted by atomic mass is 9.81. The van der Waals surface area contributed by atoms with E-state index in [1.807, 2.05) is 0 Å². The van der Waals surface area contributed by atoms with Crippen LogP contribution in [0.5, 0.6) is 0 Å². The molecule has 1 saturated carbocycles. The number of hydrogen-bond donors (Lipinski definition) is 3. The first-order valence-corrected chi connectivity index (χ1v) is 11.2. The molecule has 1 aliphatic heterocycles. The molecule has 9 heteroatoms. The average molecular weight is 431 g/mol. The number of rotatable bonds is 4. The molecule has 2 aromatic carbocycles. The summed E-state index contributed by atoms with van der Waals surface area (Å²) in [5.41, 5.74) is 1.67. The van der Waals surface area contributed by atoms with Crippen LogP contribution in [0.1, 0.15) is 30.4 Å². The molecule has 30 heavy (non-hydrogen) atoms. The van der Waals surface area contributed by atoms with E-state index in [9.17, 15) is 22.4 Å². The van der Waals surface area contributed by atoms with Crippen molar-refractivity contribution in [2.24, 2.45) is 11.1 Å². The number of urea groups is 1. The first-order valence-electron chi connectivity index (χ1n) is 9.66. The SMILES string of the molecule is Cc1c(-c2ccc(F)cc2)ccc(S(N)(=O)=O)c1CC1CCCC12NC(=O)NC2=O. The highest BCUT2D eigenvalue weighted by molar-refractivity contribution is 7.89. The van der Waals surface area contributed by atoms with Crippen LogP contribution in [0.2, 0.25) is 0 Å². The van der Waals surface area contributed by atoms with Gasteiger partial charge >= 0.3 is 6.03 Å². The van der Waals surface area contributed by atoms with E-state index >= 15 is 0 Å². The topological polar surface area (TPSA) is 118 Å². The number of sulfonamides is 1. The average Bonchev–Trinajstić information content (AvgIpc) is 3.19. The van der Waals surface area contributed by atoms with Gasteiger partial charge < -0.3 is 5.32 Å². The van der Waals surface area contributed by atoms with Crippen molar-refractivity contribution in [1.29, 1.82) is 0 Å². The predicted octanol–water partition coefficient (Wildman–Crippen LogP) is 2.37. The minimum absolute atomic E-state index is 0.00218. The number of halogens is 1. The van der Waals surface area contributed by atoms with Gasteiger partial charge in [0.15, 0.2) is 0 Å². The maximum Gasteiger partial charge on any atom is 0.322 e. The summed E-state index contributed by atoms with van der Waals surface area (Å²) < 4.78 is 37.9. The van der Waals surface area contributed by atoms with E-state index in [2.05, 4.69) is 10.6 Å². The number of carbonyl (C=O) groups is 2. The Morgan fingerprint density at radius 1 is 1.17 bits per heavy atom. The normalized spacial score (nSPS) is 23.6. The Balaban J connectivity index is 1.81. The number of hydrogen-bond acceptors (Lipinski definition) is 4. The van der Waals surface area contributed by atoms with Crippen molar-refractivity contribution in [2.75, 3.05) is 0 Å². The van der Waals surface area contributed by atoms with Gasteiger partial charge in [0.05, 0.1) is 4.90 Å². The highest BCUT2D eigenvalue weighted by Crippen LogP contribution is 2.42. The monoisotopic (exact) mass is 431 g/mol. The maximum atomic E-state index is 13.3. The molecule has 0 aromatic heterocycles. The van der Waals surface area contributed by atoms with Crippen LogP contribution in [0, 0.1) is 18.7 Å². The molecule has 2 aliphatic rings. The highest BCUT2D eigenvalue weighted by Gasteiger charge is 2.54. The van der Waals surface area contributed by atoms with Gasteiger partial charge in [0, 0.05) is 0 Å². The van der Waals surface area contributed by atoms with E-state index in [-0.39, 0.29) is 29.0 Å². The van der Waals surface area contributed by atoms with Crippen LogP contribution >= 0.6 is 0 Å². The molecule has 7 nitrogen and oxygen atoms in total. The Labute approximate surface area is 173 Å². The zero-order valence-electron chi connectivity index (χ0n) is 16.4. The Kier molecular flexibility index (Phi) is 4.90. The molecule has 2 atom stereocenters. The summed E-state index contributed by atoms with van der Waals surface area (Å²) in [6, 6.07) is 8.50. The summed E-state index contributed by atoms with van der Waals surface area (Å²) in [6.45, 7) is 1.79. The van der Waals surface area contributed by atoms with Crippen molar-refractivity contribution in [2.45, 2.75) is 43.0 Å². The number of nitrogens with two attached hydrogens (primary N) is 1. The smallest absolute Gasteiger partial charge is 0.322 e. The van der Waals surface area contributed by atoms with Crippen molar-refractivity contribution in [3.8, 4) is 11.1 Å². The molecule has 2 unspecified atom stereocenters. The first-order chi connectivity index (χ1) is 14.1. The molecular weight excluding hydrogens is 409 g/mol. The van der Waals surface area contributed by atoms with E-state index < -0.39 is 21.6 Å². The summed E-state index contributed by atoms with van der Waals surface area (Å²) in [5.74, 6) is -1.01. The van der Waals surface area contributed by atoms with Gasteiger partial charge in [-0.25, -0.2) is 22.7 Å². The van der Waals surface area contributed by atoms with Gasteiger partial charge in [-0.05, 0) is 72.6 Å². The molecule has 1 aliphatic carbocycles. The molecule has 2 aromatic rings. The van der Waals surface area contributed by atoms with E-state index in [0.29, 0.717) is 24.0 Å². The van der Waals surface area contributed by atoms with E-state index in [1.54, 1.807) is 25.1 Å². The maximum absolute atomic E-state index is 13.3. The molecule has 1 saturated heterocycles. The second-order valence-corrected chi connectivity index (χ2v) is 9.47. The summed E-state index contributed by atoms with van der Waals surface area (Å²) in [4.78, 5) is 24.3. The first kappa shape index (κ1) is 20.5. The summed E-state index contributed by atoms with van der Waals surface area (Å²) in [6.07, 6.45) is 2.16. The van der Waals surface area contributed by atoms with Crippen LogP contribution in [-0.4, -0.2) is 25.9 Å². The fourth-order valence-electron chi connectivity index (χ4n) is 4.76. The summed E-state index contributed by atoms with van der Waals surface area (Å²) in [5, 5.41) is 10.5. The lowest BCUT2D eigenvalue weighted by molar-refractivity contribution is -0.125. The Hall–Kier alpha value is -2.78. The number of carbonyl (C=O) groups excluding carboxylic acids is 2. The van der Waals surface area contributed by atoms with Gasteiger partial charge in [0.1, 0.15) is 11.4 Å². The van der Waals surface area contributed by atoms with Crippen molar-refractivity contribution >= 4 is 22.0 Å². The third-order valence-electron chi connectivity index (χ3n) is 6.26. The largest absolute Gasteiger partial charge is 0.323 e. The number of primary sulfonamides is 1. The number of benzene rings is 2.